The summed E-state index contributed by atoms with van der Waals surface area (Å²) in [6, 6.07) is 1.60. The number of hydrogen-bond donors (Lipinski definition) is 0. The average Bonchev–Trinajstić information content (AvgIpc) is 2.12. The van der Waals surface area contributed by atoms with Crippen LogP contribution in [0, 0.1) is 11.9 Å². The number of nitrogens with zero attached hydrogens (tertiary/aromatic N) is 1. The predicted molar refractivity (Wildman–Crippen MR) is 44.6 cm³/mol. The second-order valence-corrected chi connectivity index (χ2v) is 2.39. The largest absolute Gasteiger partial charge is 0.458 e. The summed E-state index contributed by atoms with van der Waals surface area (Å²) in [6.45, 7) is 3.31. The van der Waals surface area contributed by atoms with Crippen LogP contribution in [0.3, 0.4) is 0 Å². The monoisotopic (exact) mass is 199 g/mol. The highest BCUT2D eigenvalue weighted by Crippen LogP contribution is 2.05. The van der Waals surface area contributed by atoms with Crippen molar-refractivity contribution in [1.82, 2.24) is 4.98 Å². The summed E-state index contributed by atoms with van der Waals surface area (Å²) >= 11 is 0. The number of ether oxygens (including phenoxy) is 1. The number of halogens is 2. The van der Waals surface area contributed by atoms with Crippen molar-refractivity contribution in [2.24, 2.45) is 0 Å². The topological polar surface area (TPSA) is 39.2 Å². The lowest BCUT2D eigenvalue weighted by Gasteiger charge is -2.01. The molecule has 0 fully saturated rings. The smallest absolute Gasteiger partial charge is 0.338 e. The van der Waals surface area contributed by atoms with E-state index in [9.17, 15) is 13.6 Å². The Hall–Kier alpha value is -1.78. The highest BCUT2D eigenvalue weighted by Gasteiger charge is 2.10. The van der Waals surface area contributed by atoms with Gasteiger partial charge in [-0.25, -0.2) is 4.79 Å². The molecular weight excluding hydrogens is 192 g/mol. The van der Waals surface area contributed by atoms with Crippen LogP contribution in [-0.2, 0) is 4.74 Å². The molecule has 0 saturated heterocycles. The Balaban J connectivity index is 2.84. The molecule has 1 rings (SSSR count). The molecule has 3 nitrogen and oxygen atoms in total. The van der Waals surface area contributed by atoms with Gasteiger partial charge in [-0.2, -0.15) is 13.8 Å². The van der Waals surface area contributed by atoms with Gasteiger partial charge >= 0.3 is 5.97 Å². The highest BCUT2D eigenvalue weighted by molar-refractivity contribution is 5.89. The third-order valence-corrected chi connectivity index (χ3v) is 1.33. The molecule has 1 heterocycles. The third kappa shape index (κ3) is 2.62. The number of rotatable bonds is 3. The minimum Gasteiger partial charge on any atom is -0.458 e. The molecule has 0 aromatic carbocycles. The summed E-state index contributed by atoms with van der Waals surface area (Å²) in [6.07, 6.45) is 1.35. The molecule has 74 valence electrons. The van der Waals surface area contributed by atoms with Crippen LogP contribution in [-0.4, -0.2) is 17.6 Å². The lowest BCUT2D eigenvalue weighted by Crippen LogP contribution is -2.07. The fourth-order valence-corrected chi connectivity index (χ4v) is 0.801. The van der Waals surface area contributed by atoms with Crippen molar-refractivity contribution < 1.29 is 18.3 Å². The normalized spacial score (nSPS) is 9.57. The van der Waals surface area contributed by atoms with E-state index >= 15 is 0 Å². The Labute approximate surface area is 79.0 Å². The quantitative estimate of drug-likeness (QED) is 0.422. The van der Waals surface area contributed by atoms with E-state index in [0.717, 1.165) is 12.1 Å². The first-order chi connectivity index (χ1) is 6.63. The molecule has 14 heavy (non-hydrogen) atoms. The van der Waals surface area contributed by atoms with Crippen molar-refractivity contribution in [2.75, 3.05) is 6.61 Å². The maximum Gasteiger partial charge on any atom is 0.338 e. The minimum atomic E-state index is -1.06. The van der Waals surface area contributed by atoms with Gasteiger partial charge in [0.2, 0.25) is 11.9 Å². The maximum absolute atomic E-state index is 12.5. The molecule has 0 amide bonds. The Morgan fingerprint density at radius 1 is 1.50 bits per heavy atom. The number of hydrogen-bond acceptors (Lipinski definition) is 3. The fraction of sp³-hybridized carbons (Fsp3) is 0.111. The van der Waals surface area contributed by atoms with E-state index in [1.807, 2.05) is 0 Å². The molecule has 1 aromatic heterocycles. The van der Waals surface area contributed by atoms with Crippen LogP contribution in [0.25, 0.3) is 0 Å². The molecular formula is C9H7F2NO2. The zero-order valence-corrected chi connectivity index (χ0v) is 7.17. The van der Waals surface area contributed by atoms with Crippen molar-refractivity contribution in [3.8, 4) is 0 Å². The van der Waals surface area contributed by atoms with E-state index in [0.29, 0.717) is 0 Å². The molecule has 0 N–H and O–H groups in total. The van der Waals surface area contributed by atoms with E-state index in [1.54, 1.807) is 0 Å². The minimum absolute atomic E-state index is 0.00953. The van der Waals surface area contributed by atoms with Crippen LogP contribution < -0.4 is 0 Å². The second-order valence-electron chi connectivity index (χ2n) is 2.39. The van der Waals surface area contributed by atoms with E-state index < -0.39 is 17.9 Å². The maximum atomic E-state index is 12.5. The summed E-state index contributed by atoms with van der Waals surface area (Å²) in [5.41, 5.74) is -0.211. The molecule has 0 radical (unpaired) electrons. The number of carbonyl (C=O) groups excluding carboxylic acids is 1. The van der Waals surface area contributed by atoms with Gasteiger partial charge in [0, 0.05) is 12.1 Å². The summed E-state index contributed by atoms with van der Waals surface area (Å²) in [7, 11) is 0. The van der Waals surface area contributed by atoms with Gasteiger partial charge in [-0.3, -0.25) is 0 Å². The van der Waals surface area contributed by atoms with Gasteiger partial charge in [0.25, 0.3) is 0 Å². The molecule has 0 aliphatic rings. The first-order valence-electron chi connectivity index (χ1n) is 3.74. The van der Waals surface area contributed by atoms with Crippen molar-refractivity contribution in [3.63, 3.8) is 0 Å². The van der Waals surface area contributed by atoms with Gasteiger partial charge < -0.3 is 4.74 Å². The van der Waals surface area contributed by atoms with Crippen LogP contribution in [0.4, 0.5) is 8.78 Å². The highest BCUT2D eigenvalue weighted by atomic mass is 19.1. The predicted octanol–water partition coefficient (Wildman–Crippen LogP) is 1.70. The first-order valence-corrected chi connectivity index (χ1v) is 3.74. The van der Waals surface area contributed by atoms with Gasteiger partial charge in [-0.1, -0.05) is 12.7 Å². The second kappa shape index (κ2) is 4.45. The molecule has 0 bridgehead atoms. The van der Waals surface area contributed by atoms with Crippen molar-refractivity contribution >= 4 is 5.97 Å². The molecule has 0 unspecified atom stereocenters. The Morgan fingerprint density at radius 3 is 2.57 bits per heavy atom. The molecule has 0 aliphatic heterocycles. The van der Waals surface area contributed by atoms with Gasteiger partial charge in [0.05, 0.1) is 5.56 Å². The number of esters is 1. The van der Waals surface area contributed by atoms with Crippen LogP contribution >= 0.6 is 0 Å². The Kier molecular flexibility index (Phi) is 3.28. The Bertz CT molecular complexity index is 346. The third-order valence-electron chi connectivity index (χ3n) is 1.33. The number of aromatic nitrogens is 1. The molecule has 0 spiro atoms. The average molecular weight is 199 g/mol. The lowest BCUT2D eigenvalue weighted by atomic mass is 10.3. The van der Waals surface area contributed by atoms with Gasteiger partial charge in [-0.15, -0.1) is 0 Å². The number of carbonyl (C=O) groups is 1. The number of pyridine rings is 1. The summed E-state index contributed by atoms with van der Waals surface area (Å²) < 4.78 is 29.6. The summed E-state index contributed by atoms with van der Waals surface area (Å²) in [4.78, 5) is 13.9. The van der Waals surface area contributed by atoms with E-state index in [2.05, 4.69) is 16.3 Å². The van der Waals surface area contributed by atoms with Crippen LogP contribution in [0.1, 0.15) is 10.4 Å². The molecule has 0 saturated carbocycles. The van der Waals surface area contributed by atoms with Crippen LogP contribution in [0.5, 0.6) is 0 Å². The summed E-state index contributed by atoms with van der Waals surface area (Å²) in [5, 5.41) is 0. The Morgan fingerprint density at radius 2 is 2.07 bits per heavy atom. The van der Waals surface area contributed by atoms with E-state index in [1.165, 1.54) is 6.08 Å². The van der Waals surface area contributed by atoms with Gasteiger partial charge in [0.15, 0.2) is 0 Å². The van der Waals surface area contributed by atoms with Crippen molar-refractivity contribution in [1.29, 1.82) is 0 Å². The van der Waals surface area contributed by atoms with Crippen LogP contribution in [0.15, 0.2) is 24.8 Å². The SMILES string of the molecule is C=CCOC(=O)c1cc(F)nc(F)c1. The molecule has 0 aliphatic carbocycles. The molecule has 0 atom stereocenters. The summed E-state index contributed by atoms with van der Waals surface area (Å²) in [5.74, 6) is -2.93. The standard InChI is InChI=1S/C9H7F2NO2/c1-2-3-14-9(13)6-4-7(10)12-8(11)5-6/h2,4-5H,1,3H2. The van der Waals surface area contributed by atoms with Gasteiger partial charge in [-0.05, 0) is 0 Å². The zero-order valence-electron chi connectivity index (χ0n) is 7.17. The van der Waals surface area contributed by atoms with E-state index in [-0.39, 0.29) is 12.2 Å². The van der Waals surface area contributed by atoms with Gasteiger partial charge in [0.1, 0.15) is 6.61 Å². The van der Waals surface area contributed by atoms with Crippen LogP contribution in [0.2, 0.25) is 0 Å². The zero-order chi connectivity index (χ0) is 10.6. The lowest BCUT2D eigenvalue weighted by molar-refractivity contribution is 0.0548. The molecule has 1 aromatic rings. The van der Waals surface area contributed by atoms with E-state index in [4.69, 9.17) is 0 Å². The molecule has 5 heteroatoms. The van der Waals surface area contributed by atoms with Crippen molar-refractivity contribution in [2.45, 2.75) is 0 Å². The fourth-order valence-electron chi connectivity index (χ4n) is 0.801. The first kappa shape index (κ1) is 10.3. The van der Waals surface area contributed by atoms with Crippen molar-refractivity contribution in [3.05, 3.63) is 42.2 Å².